The first-order valence-electron chi connectivity index (χ1n) is 13.4. The maximum atomic E-state index is 15.7. The number of ether oxygens (including phenoxy) is 3. The molecule has 0 amide bonds. The number of nitrogens with one attached hydrogen (secondary N) is 1. The zero-order valence-electron chi connectivity index (χ0n) is 24.0. The van der Waals surface area contributed by atoms with Crippen LogP contribution in [0.15, 0.2) is 59.1 Å². The van der Waals surface area contributed by atoms with Crippen LogP contribution in [0.4, 0.5) is 8.78 Å². The van der Waals surface area contributed by atoms with E-state index in [0.29, 0.717) is 40.9 Å². The molecule has 2 aromatic heterocycles. The highest BCUT2D eigenvalue weighted by Gasteiger charge is 2.27. The topological polar surface area (TPSA) is 106 Å². The van der Waals surface area contributed by atoms with Crippen LogP contribution in [-0.2, 0) is 45.2 Å². The molecule has 0 aliphatic rings. The zero-order chi connectivity index (χ0) is 30.3. The van der Waals surface area contributed by atoms with E-state index >= 15 is 4.39 Å². The Hall–Kier alpha value is -3.51. The highest BCUT2D eigenvalue weighted by atomic mass is 32.2. The van der Waals surface area contributed by atoms with E-state index in [1.807, 2.05) is 0 Å². The molecule has 1 unspecified atom stereocenters. The summed E-state index contributed by atoms with van der Waals surface area (Å²) in [6.45, 7) is 6.17. The van der Waals surface area contributed by atoms with E-state index in [2.05, 4.69) is 9.71 Å². The number of hydrogen-bond donors (Lipinski definition) is 1. The Kier molecular flexibility index (Phi) is 10.6. The lowest BCUT2D eigenvalue weighted by atomic mass is 10.00. The van der Waals surface area contributed by atoms with Gasteiger partial charge in [-0.2, -0.15) is 4.39 Å². The SMILES string of the molecule is COCCCOC(=O)Cc1ccccc1OCc1cc(-c2ccnc(CN[S+]([O-])C(C)(C)C)c2F)c2oc(F)cc2c1. The molecule has 1 N–H and O–H groups in total. The van der Waals surface area contributed by atoms with Crippen molar-refractivity contribution in [1.29, 1.82) is 0 Å². The second kappa shape index (κ2) is 14.1. The van der Waals surface area contributed by atoms with Crippen molar-refractivity contribution in [2.45, 2.75) is 51.5 Å². The molecular formula is C31H34F2N2O6S. The molecular weight excluding hydrogens is 566 g/mol. The van der Waals surface area contributed by atoms with E-state index in [4.69, 9.17) is 18.6 Å². The highest BCUT2D eigenvalue weighted by Crippen LogP contribution is 2.35. The number of carbonyl (C=O) groups is 1. The molecule has 0 saturated carbocycles. The summed E-state index contributed by atoms with van der Waals surface area (Å²) in [5.41, 5.74) is 1.99. The minimum atomic E-state index is -1.42. The van der Waals surface area contributed by atoms with Crippen LogP contribution in [0.3, 0.4) is 0 Å². The average Bonchev–Trinajstić information content (AvgIpc) is 3.33. The molecule has 0 bridgehead atoms. The van der Waals surface area contributed by atoms with Gasteiger partial charge in [-0.05, 0) is 50.6 Å². The van der Waals surface area contributed by atoms with Gasteiger partial charge < -0.3 is 23.2 Å². The molecule has 224 valence electrons. The molecule has 4 rings (SSSR count). The van der Waals surface area contributed by atoms with Crippen molar-refractivity contribution in [2.24, 2.45) is 0 Å². The predicted molar refractivity (Wildman–Crippen MR) is 156 cm³/mol. The van der Waals surface area contributed by atoms with Gasteiger partial charge in [0.05, 0.1) is 25.3 Å². The van der Waals surface area contributed by atoms with Crippen molar-refractivity contribution in [2.75, 3.05) is 20.3 Å². The standard InChI is InChI=1S/C31H34F2N2O6S/c1-31(2,3)42(37)35-18-25-29(33)23(10-11-34-25)24-15-20(14-22-16-27(32)41-30(22)24)19-40-26-9-6-5-8-21(26)17-28(36)39-13-7-12-38-4/h5-6,8-11,14-16,35H,7,12-13,17-19H2,1-4H3. The molecule has 0 saturated heterocycles. The number of nitrogens with zero attached hydrogens (tertiary/aromatic N) is 1. The number of halogens is 2. The fraction of sp³-hybridized carbons (Fsp3) is 0.355. The first kappa shape index (κ1) is 31.4. The van der Waals surface area contributed by atoms with Crippen LogP contribution in [0, 0.1) is 11.8 Å². The summed E-state index contributed by atoms with van der Waals surface area (Å²) >= 11 is -1.42. The molecule has 4 aromatic rings. The molecule has 0 fully saturated rings. The summed E-state index contributed by atoms with van der Waals surface area (Å²) in [7, 11) is 1.58. The van der Waals surface area contributed by atoms with E-state index < -0.39 is 27.9 Å². The maximum Gasteiger partial charge on any atom is 0.310 e. The van der Waals surface area contributed by atoms with Crippen LogP contribution in [0.1, 0.15) is 44.0 Å². The van der Waals surface area contributed by atoms with Gasteiger partial charge in [0.15, 0.2) is 5.82 Å². The number of methoxy groups -OCH3 is 1. The molecule has 8 nitrogen and oxygen atoms in total. The first-order chi connectivity index (χ1) is 20.1. The lowest BCUT2D eigenvalue weighted by molar-refractivity contribution is -0.143. The summed E-state index contributed by atoms with van der Waals surface area (Å²) < 4.78 is 66.2. The molecule has 11 heteroatoms. The van der Waals surface area contributed by atoms with E-state index in [9.17, 15) is 13.7 Å². The van der Waals surface area contributed by atoms with E-state index in [-0.39, 0.29) is 49.0 Å². The smallest absolute Gasteiger partial charge is 0.310 e. The van der Waals surface area contributed by atoms with Gasteiger partial charge in [-0.1, -0.05) is 18.2 Å². The Morgan fingerprint density at radius 3 is 2.64 bits per heavy atom. The monoisotopic (exact) mass is 600 g/mol. The molecule has 0 radical (unpaired) electrons. The molecule has 42 heavy (non-hydrogen) atoms. The van der Waals surface area contributed by atoms with E-state index in [1.165, 1.54) is 18.3 Å². The summed E-state index contributed by atoms with van der Waals surface area (Å²) in [4.78, 5) is 16.4. The lowest BCUT2D eigenvalue weighted by Gasteiger charge is -2.23. The van der Waals surface area contributed by atoms with Crippen LogP contribution in [0.25, 0.3) is 22.1 Å². The Morgan fingerprint density at radius 1 is 1.10 bits per heavy atom. The number of pyridine rings is 1. The number of benzene rings is 2. The molecule has 0 spiro atoms. The van der Waals surface area contributed by atoms with Gasteiger partial charge in [0, 0.05) is 65.8 Å². The number of para-hydroxylation sites is 1. The fourth-order valence-corrected chi connectivity index (χ4v) is 4.88. The van der Waals surface area contributed by atoms with Crippen LogP contribution in [0.2, 0.25) is 0 Å². The minimum Gasteiger partial charge on any atom is -0.598 e. The van der Waals surface area contributed by atoms with Crippen molar-refractivity contribution >= 4 is 28.3 Å². The van der Waals surface area contributed by atoms with Gasteiger partial charge in [-0.3, -0.25) is 9.78 Å². The molecule has 2 aromatic carbocycles. The van der Waals surface area contributed by atoms with Crippen LogP contribution >= 0.6 is 0 Å². The van der Waals surface area contributed by atoms with Crippen molar-refractivity contribution in [3.8, 4) is 16.9 Å². The molecule has 2 heterocycles. The summed E-state index contributed by atoms with van der Waals surface area (Å²) in [5, 5.41) is 0.432. The van der Waals surface area contributed by atoms with Gasteiger partial charge >= 0.3 is 5.97 Å². The van der Waals surface area contributed by atoms with Crippen molar-refractivity contribution in [3.05, 3.63) is 83.4 Å². The van der Waals surface area contributed by atoms with Crippen LogP contribution < -0.4 is 9.46 Å². The summed E-state index contributed by atoms with van der Waals surface area (Å²) in [6, 6.07) is 12.4. The van der Waals surface area contributed by atoms with Gasteiger partial charge in [0.25, 0.3) is 6.01 Å². The molecule has 1 atom stereocenters. The Morgan fingerprint density at radius 2 is 1.88 bits per heavy atom. The van der Waals surface area contributed by atoms with Gasteiger partial charge in [-0.15, -0.1) is 4.72 Å². The average molecular weight is 601 g/mol. The Bertz CT molecular complexity index is 1520. The van der Waals surface area contributed by atoms with Crippen molar-refractivity contribution in [1.82, 2.24) is 9.71 Å². The quantitative estimate of drug-likeness (QED) is 0.113. The van der Waals surface area contributed by atoms with Gasteiger partial charge in [-0.25, -0.2) is 4.39 Å². The number of fused-ring (bicyclic) bond motifs is 1. The fourth-order valence-electron chi connectivity index (χ4n) is 4.18. The summed E-state index contributed by atoms with van der Waals surface area (Å²) in [6.07, 6.45) is 2.07. The third kappa shape index (κ3) is 8.07. The van der Waals surface area contributed by atoms with Crippen molar-refractivity contribution < 1.29 is 36.8 Å². The number of furan rings is 1. The third-order valence-electron chi connectivity index (χ3n) is 6.28. The van der Waals surface area contributed by atoms with Crippen molar-refractivity contribution in [3.63, 3.8) is 0 Å². The largest absolute Gasteiger partial charge is 0.598 e. The number of carbonyl (C=O) groups excluding carboxylic acids is 1. The number of rotatable bonds is 13. The first-order valence-corrected chi connectivity index (χ1v) is 14.6. The number of hydrogen-bond acceptors (Lipinski definition) is 8. The normalized spacial score (nSPS) is 12.5. The van der Waals surface area contributed by atoms with E-state index in [0.717, 1.165) is 0 Å². The predicted octanol–water partition coefficient (Wildman–Crippen LogP) is 6.03. The summed E-state index contributed by atoms with van der Waals surface area (Å²) in [5.74, 6) is -0.535. The number of aromatic nitrogens is 1. The minimum absolute atomic E-state index is 0.0272. The van der Waals surface area contributed by atoms with Gasteiger partial charge in [0.1, 0.15) is 22.7 Å². The zero-order valence-corrected chi connectivity index (χ0v) is 24.8. The maximum absolute atomic E-state index is 15.7. The molecule has 0 aliphatic heterocycles. The molecule has 0 aliphatic carbocycles. The Balaban J connectivity index is 1.56. The van der Waals surface area contributed by atoms with Gasteiger partial charge in [0.2, 0.25) is 0 Å². The van der Waals surface area contributed by atoms with Crippen LogP contribution in [-0.4, -0.2) is 40.6 Å². The second-order valence-corrected chi connectivity index (χ2v) is 12.6. The van der Waals surface area contributed by atoms with Crippen LogP contribution in [0.5, 0.6) is 5.75 Å². The Labute approximate surface area is 246 Å². The second-order valence-electron chi connectivity index (χ2n) is 10.6. The highest BCUT2D eigenvalue weighted by molar-refractivity contribution is 7.90. The van der Waals surface area contributed by atoms with E-state index in [1.54, 1.807) is 64.3 Å². The third-order valence-corrected chi connectivity index (χ3v) is 7.80. The number of esters is 1. The lowest BCUT2D eigenvalue weighted by Crippen LogP contribution is -2.39.